The van der Waals surface area contributed by atoms with Crippen molar-refractivity contribution < 1.29 is 4.79 Å². The molecular formula is C25H28N8O. The van der Waals surface area contributed by atoms with Crippen molar-refractivity contribution >= 4 is 51.5 Å². The van der Waals surface area contributed by atoms with Gasteiger partial charge in [-0.1, -0.05) is 12.1 Å². The maximum Gasteiger partial charge on any atom is 0.249 e. The topological polar surface area (TPSA) is 91.2 Å². The van der Waals surface area contributed by atoms with Gasteiger partial charge < -0.3 is 20.4 Å². The average Bonchev–Trinajstić information content (AvgIpc) is 3.13. The molecule has 0 bridgehead atoms. The molecule has 174 valence electrons. The van der Waals surface area contributed by atoms with Gasteiger partial charge in [0.2, 0.25) is 11.9 Å². The van der Waals surface area contributed by atoms with E-state index in [2.05, 4.69) is 44.4 Å². The Morgan fingerprint density at radius 3 is 2.59 bits per heavy atom. The predicted octanol–water partition coefficient (Wildman–Crippen LogP) is 4.43. The summed E-state index contributed by atoms with van der Waals surface area (Å²) in [6, 6.07) is 15.7. The van der Waals surface area contributed by atoms with Crippen molar-refractivity contribution in [3.63, 3.8) is 0 Å². The van der Waals surface area contributed by atoms with Gasteiger partial charge in [0.25, 0.3) is 0 Å². The molecule has 1 aliphatic rings. The number of para-hydroxylation sites is 1. The minimum Gasteiger partial charge on any atom is -0.356 e. The fourth-order valence-corrected chi connectivity index (χ4v) is 4.59. The molecule has 1 amide bonds. The number of anilines is 6. The number of hydrogen-bond donors (Lipinski definition) is 2. The molecule has 5 rings (SSSR count). The van der Waals surface area contributed by atoms with Crippen LogP contribution in [-0.4, -0.2) is 44.8 Å². The fourth-order valence-electron chi connectivity index (χ4n) is 4.59. The average molecular weight is 457 g/mol. The lowest BCUT2D eigenvalue weighted by Gasteiger charge is -2.42. The summed E-state index contributed by atoms with van der Waals surface area (Å²) in [6.07, 6.45) is 1.70. The van der Waals surface area contributed by atoms with Crippen LogP contribution < -0.4 is 20.4 Å². The van der Waals surface area contributed by atoms with Crippen LogP contribution in [0.4, 0.5) is 34.6 Å². The lowest BCUT2D eigenvalue weighted by atomic mass is 10.0. The van der Waals surface area contributed by atoms with E-state index in [1.54, 1.807) is 11.1 Å². The van der Waals surface area contributed by atoms with E-state index >= 15 is 0 Å². The molecule has 9 heteroatoms. The number of likely N-dealkylation sites (N-methyl/N-ethyl adjacent to an activating group) is 1. The zero-order chi connectivity index (χ0) is 24.0. The fraction of sp³-hybridized carbons (Fsp3) is 0.280. The van der Waals surface area contributed by atoms with E-state index in [1.807, 2.05) is 74.2 Å². The number of amides is 1. The van der Waals surface area contributed by atoms with Crippen molar-refractivity contribution in [2.75, 3.05) is 27.5 Å². The van der Waals surface area contributed by atoms with Gasteiger partial charge in [-0.2, -0.15) is 10.1 Å². The molecule has 0 saturated heterocycles. The summed E-state index contributed by atoms with van der Waals surface area (Å²) < 4.78 is 1.84. The highest BCUT2D eigenvalue weighted by atomic mass is 16.2. The summed E-state index contributed by atoms with van der Waals surface area (Å²) >= 11 is 0. The number of nitrogens with zero attached hydrogens (tertiary/aromatic N) is 6. The molecule has 0 aliphatic carbocycles. The number of aryl methyl sites for hydroxylation is 1. The quantitative estimate of drug-likeness (QED) is 0.459. The van der Waals surface area contributed by atoms with Crippen LogP contribution in [0.25, 0.3) is 10.9 Å². The first-order valence-corrected chi connectivity index (χ1v) is 11.3. The van der Waals surface area contributed by atoms with Crippen LogP contribution in [0.15, 0.2) is 54.7 Å². The largest absolute Gasteiger partial charge is 0.356 e. The van der Waals surface area contributed by atoms with E-state index < -0.39 is 0 Å². The van der Waals surface area contributed by atoms with Gasteiger partial charge >= 0.3 is 0 Å². The van der Waals surface area contributed by atoms with Gasteiger partial charge in [-0.25, -0.2) is 4.98 Å². The maximum absolute atomic E-state index is 12.7. The van der Waals surface area contributed by atoms with E-state index in [1.165, 1.54) is 0 Å². The Kier molecular flexibility index (Phi) is 5.31. The SMILES string of the molecule is CC(C)N1c2cc(Nc3nccc(Nc4nn(C)c5ccccc45)n3)ccc2N(C)C(=O)[C@H]1C. The van der Waals surface area contributed by atoms with Crippen molar-refractivity contribution in [3.8, 4) is 0 Å². The summed E-state index contributed by atoms with van der Waals surface area (Å²) in [5.74, 6) is 1.94. The van der Waals surface area contributed by atoms with Gasteiger partial charge in [-0.05, 0) is 57.2 Å². The minimum atomic E-state index is -0.232. The first-order chi connectivity index (χ1) is 16.3. The Bertz CT molecular complexity index is 1380. The lowest BCUT2D eigenvalue weighted by molar-refractivity contribution is -0.119. The molecule has 1 aliphatic heterocycles. The van der Waals surface area contributed by atoms with Crippen molar-refractivity contribution in [1.29, 1.82) is 0 Å². The highest BCUT2D eigenvalue weighted by Gasteiger charge is 2.34. The number of nitrogens with one attached hydrogen (secondary N) is 2. The normalized spacial score (nSPS) is 15.7. The van der Waals surface area contributed by atoms with Crippen molar-refractivity contribution in [3.05, 3.63) is 54.7 Å². The second-order valence-electron chi connectivity index (χ2n) is 8.78. The van der Waals surface area contributed by atoms with E-state index in [-0.39, 0.29) is 18.0 Å². The second kappa shape index (κ2) is 8.33. The third kappa shape index (κ3) is 3.68. The molecule has 0 saturated carbocycles. The summed E-state index contributed by atoms with van der Waals surface area (Å²) in [5, 5.41) is 12.2. The Morgan fingerprint density at radius 2 is 1.79 bits per heavy atom. The standard InChI is InChI=1S/C25H28N8O/c1-15(2)33-16(3)24(34)31(4)20-11-10-17(14-21(20)33)27-25-26-13-12-22(29-25)28-23-18-8-6-7-9-19(18)32(5)30-23/h6-16H,1-5H3,(H2,26,27,28,29,30)/t16-/m1/s1. The molecule has 0 radical (unpaired) electrons. The number of fused-ring (bicyclic) bond motifs is 2. The lowest BCUT2D eigenvalue weighted by Crippen LogP contribution is -2.53. The zero-order valence-corrected chi connectivity index (χ0v) is 19.9. The van der Waals surface area contributed by atoms with Crippen LogP contribution in [0.2, 0.25) is 0 Å². The van der Waals surface area contributed by atoms with Gasteiger partial charge in [0.15, 0.2) is 5.82 Å². The van der Waals surface area contributed by atoms with E-state index in [0.717, 1.165) is 33.8 Å². The predicted molar refractivity (Wildman–Crippen MR) is 136 cm³/mol. The number of hydrogen-bond acceptors (Lipinski definition) is 7. The molecule has 34 heavy (non-hydrogen) atoms. The first kappa shape index (κ1) is 21.7. The van der Waals surface area contributed by atoms with Gasteiger partial charge in [0.1, 0.15) is 11.9 Å². The molecule has 0 fully saturated rings. The molecule has 2 aromatic heterocycles. The molecular weight excluding hydrogens is 428 g/mol. The number of benzene rings is 2. The Morgan fingerprint density at radius 1 is 1.00 bits per heavy atom. The van der Waals surface area contributed by atoms with Crippen molar-refractivity contribution in [2.45, 2.75) is 32.9 Å². The molecule has 2 N–H and O–H groups in total. The van der Waals surface area contributed by atoms with Crippen LogP contribution in [0, 0.1) is 0 Å². The summed E-state index contributed by atoms with van der Waals surface area (Å²) in [7, 11) is 3.74. The minimum absolute atomic E-state index is 0.0889. The van der Waals surface area contributed by atoms with E-state index in [0.29, 0.717) is 11.8 Å². The molecule has 4 aromatic rings. The summed E-state index contributed by atoms with van der Waals surface area (Å²) in [4.78, 5) is 25.6. The molecule has 9 nitrogen and oxygen atoms in total. The maximum atomic E-state index is 12.7. The van der Waals surface area contributed by atoms with Crippen LogP contribution in [0.1, 0.15) is 20.8 Å². The number of aromatic nitrogens is 4. The van der Waals surface area contributed by atoms with Crippen LogP contribution in [0.3, 0.4) is 0 Å². The number of carbonyl (C=O) groups excluding carboxylic acids is 1. The van der Waals surface area contributed by atoms with Gasteiger partial charge in [0.05, 0.1) is 16.9 Å². The summed E-state index contributed by atoms with van der Waals surface area (Å²) in [6.45, 7) is 6.14. The van der Waals surface area contributed by atoms with Crippen molar-refractivity contribution in [1.82, 2.24) is 19.7 Å². The number of rotatable bonds is 5. The van der Waals surface area contributed by atoms with Gasteiger partial charge in [-0.15, -0.1) is 0 Å². The molecule has 2 aromatic carbocycles. The Labute approximate surface area is 198 Å². The van der Waals surface area contributed by atoms with Crippen LogP contribution >= 0.6 is 0 Å². The Balaban J connectivity index is 1.43. The van der Waals surface area contributed by atoms with Gasteiger partial charge in [-0.3, -0.25) is 9.48 Å². The second-order valence-corrected chi connectivity index (χ2v) is 8.78. The Hall–Kier alpha value is -4.14. The highest BCUT2D eigenvalue weighted by Crippen LogP contribution is 2.39. The highest BCUT2D eigenvalue weighted by molar-refractivity contribution is 6.05. The third-order valence-corrected chi connectivity index (χ3v) is 6.19. The van der Waals surface area contributed by atoms with Crippen molar-refractivity contribution in [2.24, 2.45) is 7.05 Å². The molecule has 0 spiro atoms. The summed E-state index contributed by atoms with van der Waals surface area (Å²) in [5.41, 5.74) is 3.78. The smallest absolute Gasteiger partial charge is 0.249 e. The van der Waals surface area contributed by atoms with Crippen LogP contribution in [0.5, 0.6) is 0 Å². The molecule has 0 unspecified atom stereocenters. The van der Waals surface area contributed by atoms with Crippen LogP contribution in [-0.2, 0) is 11.8 Å². The third-order valence-electron chi connectivity index (χ3n) is 6.19. The zero-order valence-electron chi connectivity index (χ0n) is 19.9. The first-order valence-electron chi connectivity index (χ1n) is 11.3. The van der Waals surface area contributed by atoms with E-state index in [4.69, 9.17) is 0 Å². The van der Waals surface area contributed by atoms with E-state index in [9.17, 15) is 4.79 Å². The number of carbonyl (C=O) groups is 1. The monoisotopic (exact) mass is 456 g/mol. The molecule has 1 atom stereocenters. The molecule has 3 heterocycles. The van der Waals surface area contributed by atoms with Gasteiger partial charge in [0, 0.05) is 37.4 Å².